The fourth-order valence-electron chi connectivity index (χ4n) is 5.50. The molecule has 0 aliphatic heterocycles. The van der Waals surface area contributed by atoms with Crippen molar-refractivity contribution < 1.29 is 18.7 Å². The minimum Gasteiger partial charge on any atom is -0.469 e. The number of ether oxygens (including phenoxy) is 1. The highest BCUT2D eigenvalue weighted by molar-refractivity contribution is 5.93. The maximum atomic E-state index is 12.6. The van der Waals surface area contributed by atoms with Crippen LogP contribution in [0.5, 0.6) is 0 Å². The van der Waals surface area contributed by atoms with E-state index in [1.807, 2.05) is 0 Å². The first-order chi connectivity index (χ1) is 11.4. The van der Waals surface area contributed by atoms with Gasteiger partial charge in [0.05, 0.1) is 6.26 Å². The summed E-state index contributed by atoms with van der Waals surface area (Å²) in [6.45, 7) is 3.35. The van der Waals surface area contributed by atoms with E-state index in [0.717, 1.165) is 37.0 Å². The van der Waals surface area contributed by atoms with E-state index in [4.69, 9.17) is 9.15 Å². The molecule has 1 heterocycles. The summed E-state index contributed by atoms with van der Waals surface area (Å²) in [5.74, 6) is 2.13. The van der Waals surface area contributed by atoms with E-state index in [2.05, 4.69) is 5.32 Å². The molecular weight excluding hydrogens is 306 g/mol. The van der Waals surface area contributed by atoms with Crippen molar-refractivity contribution in [1.29, 1.82) is 0 Å². The number of furan rings is 1. The standard InChI is InChI=1S/C19H25NO4/c1-11-16(3-4-23-11)18(22)24-12(2)17(21)20-19-8-13-5-14(9-19)7-15(6-13)10-19/h3-4,12-15H,5-10H2,1-2H3,(H,20,21)/t12-,13?,14?,15?,19?/m1/s1. The molecule has 4 aliphatic rings. The van der Waals surface area contributed by atoms with Crippen molar-refractivity contribution in [2.45, 2.75) is 64.0 Å². The van der Waals surface area contributed by atoms with Crippen molar-refractivity contribution in [1.82, 2.24) is 5.32 Å². The smallest absolute Gasteiger partial charge is 0.342 e. The normalized spacial score (nSPS) is 34.8. The van der Waals surface area contributed by atoms with Crippen LogP contribution in [0.2, 0.25) is 0 Å². The maximum Gasteiger partial charge on any atom is 0.342 e. The molecule has 0 radical (unpaired) electrons. The average molecular weight is 331 g/mol. The Morgan fingerprint density at radius 2 is 1.79 bits per heavy atom. The predicted octanol–water partition coefficient (Wildman–Crippen LogP) is 3.22. The minimum absolute atomic E-state index is 0.0575. The zero-order chi connectivity index (χ0) is 16.9. The van der Waals surface area contributed by atoms with E-state index < -0.39 is 12.1 Å². The largest absolute Gasteiger partial charge is 0.469 e. The lowest BCUT2D eigenvalue weighted by Gasteiger charge is -2.57. The third-order valence-electron chi connectivity index (χ3n) is 6.16. The quantitative estimate of drug-likeness (QED) is 0.860. The molecule has 4 aliphatic carbocycles. The van der Waals surface area contributed by atoms with Crippen LogP contribution in [0.3, 0.4) is 0 Å². The number of carbonyl (C=O) groups excluding carboxylic acids is 2. The number of amides is 1. The molecule has 1 aromatic heterocycles. The van der Waals surface area contributed by atoms with Crippen LogP contribution in [0.15, 0.2) is 16.7 Å². The highest BCUT2D eigenvalue weighted by atomic mass is 16.5. The zero-order valence-corrected chi connectivity index (χ0v) is 14.3. The molecule has 0 aromatic carbocycles. The lowest BCUT2D eigenvalue weighted by atomic mass is 9.53. The second-order valence-corrected chi connectivity index (χ2v) is 8.13. The molecule has 5 heteroatoms. The van der Waals surface area contributed by atoms with E-state index in [1.54, 1.807) is 19.9 Å². The van der Waals surface area contributed by atoms with Crippen molar-refractivity contribution in [3.63, 3.8) is 0 Å². The Kier molecular flexibility index (Phi) is 3.70. The van der Waals surface area contributed by atoms with Crippen LogP contribution in [0.25, 0.3) is 0 Å². The number of rotatable bonds is 4. The molecule has 5 nitrogen and oxygen atoms in total. The summed E-state index contributed by atoms with van der Waals surface area (Å²) >= 11 is 0. The predicted molar refractivity (Wildman–Crippen MR) is 87.4 cm³/mol. The Hall–Kier alpha value is -1.78. The Morgan fingerprint density at radius 3 is 2.29 bits per heavy atom. The summed E-state index contributed by atoms with van der Waals surface area (Å²) in [4.78, 5) is 24.7. The summed E-state index contributed by atoms with van der Waals surface area (Å²) in [5, 5.41) is 3.25. The third-order valence-corrected chi connectivity index (χ3v) is 6.16. The molecule has 1 N–H and O–H groups in total. The van der Waals surface area contributed by atoms with Crippen LogP contribution in [-0.2, 0) is 9.53 Å². The number of hydrogen-bond donors (Lipinski definition) is 1. The van der Waals surface area contributed by atoms with E-state index in [1.165, 1.54) is 25.5 Å². The Bertz CT molecular complexity index is 627. The molecule has 4 bridgehead atoms. The van der Waals surface area contributed by atoms with Crippen LogP contribution in [0, 0.1) is 24.7 Å². The van der Waals surface area contributed by atoms with Gasteiger partial charge in [-0.25, -0.2) is 4.79 Å². The highest BCUT2D eigenvalue weighted by Crippen LogP contribution is 2.55. The molecule has 24 heavy (non-hydrogen) atoms. The van der Waals surface area contributed by atoms with Gasteiger partial charge in [0.1, 0.15) is 11.3 Å². The van der Waals surface area contributed by atoms with Gasteiger partial charge in [0.2, 0.25) is 0 Å². The number of aryl methyl sites for hydroxylation is 1. The second-order valence-electron chi connectivity index (χ2n) is 8.13. The molecule has 1 aromatic rings. The lowest BCUT2D eigenvalue weighted by molar-refractivity contribution is -0.134. The molecule has 130 valence electrons. The topological polar surface area (TPSA) is 68.5 Å². The van der Waals surface area contributed by atoms with Gasteiger partial charge in [-0.15, -0.1) is 0 Å². The van der Waals surface area contributed by atoms with Gasteiger partial charge in [0.15, 0.2) is 6.10 Å². The van der Waals surface area contributed by atoms with Gasteiger partial charge in [-0.2, -0.15) is 0 Å². The third kappa shape index (κ3) is 2.74. The van der Waals surface area contributed by atoms with Crippen molar-refractivity contribution in [3.05, 3.63) is 23.7 Å². The molecule has 1 atom stereocenters. The van der Waals surface area contributed by atoms with Crippen LogP contribution in [-0.4, -0.2) is 23.5 Å². The molecule has 1 amide bonds. The number of nitrogens with one attached hydrogen (secondary N) is 1. The van der Waals surface area contributed by atoms with Crippen LogP contribution in [0.4, 0.5) is 0 Å². The van der Waals surface area contributed by atoms with Crippen LogP contribution < -0.4 is 5.32 Å². The van der Waals surface area contributed by atoms with E-state index in [0.29, 0.717) is 11.3 Å². The molecule has 0 unspecified atom stereocenters. The van der Waals surface area contributed by atoms with Crippen LogP contribution >= 0.6 is 0 Å². The summed E-state index contributed by atoms with van der Waals surface area (Å²) < 4.78 is 10.5. The average Bonchev–Trinajstić information content (AvgIpc) is 2.91. The second kappa shape index (κ2) is 5.64. The maximum absolute atomic E-state index is 12.6. The molecule has 5 rings (SSSR count). The van der Waals surface area contributed by atoms with E-state index in [-0.39, 0.29) is 11.4 Å². The summed E-state index contributed by atoms with van der Waals surface area (Å²) in [6.07, 6.45) is 7.93. The van der Waals surface area contributed by atoms with Crippen molar-refractivity contribution in [3.8, 4) is 0 Å². The van der Waals surface area contributed by atoms with Gasteiger partial charge in [-0.1, -0.05) is 0 Å². The zero-order valence-electron chi connectivity index (χ0n) is 14.3. The first-order valence-electron chi connectivity index (χ1n) is 9.01. The number of hydrogen-bond acceptors (Lipinski definition) is 4. The fourth-order valence-corrected chi connectivity index (χ4v) is 5.50. The SMILES string of the molecule is Cc1occc1C(=O)O[C@H](C)C(=O)NC12CC3CC(CC(C3)C1)C2. The first kappa shape index (κ1) is 15.7. The van der Waals surface area contributed by atoms with Crippen LogP contribution in [0.1, 0.15) is 61.6 Å². The molecule has 4 fully saturated rings. The van der Waals surface area contributed by atoms with Gasteiger partial charge in [-0.3, -0.25) is 4.79 Å². The van der Waals surface area contributed by atoms with Crippen molar-refractivity contribution in [2.75, 3.05) is 0 Å². The van der Waals surface area contributed by atoms with Crippen molar-refractivity contribution >= 4 is 11.9 Å². The summed E-state index contributed by atoms with van der Waals surface area (Å²) in [5.41, 5.74) is 0.322. The molecular formula is C19H25NO4. The van der Waals surface area contributed by atoms with Gasteiger partial charge in [0, 0.05) is 5.54 Å². The highest BCUT2D eigenvalue weighted by Gasteiger charge is 2.51. The lowest BCUT2D eigenvalue weighted by Crippen LogP contribution is -2.61. The Morgan fingerprint density at radius 1 is 1.21 bits per heavy atom. The van der Waals surface area contributed by atoms with E-state index >= 15 is 0 Å². The minimum atomic E-state index is -0.792. The van der Waals surface area contributed by atoms with Crippen molar-refractivity contribution in [2.24, 2.45) is 17.8 Å². The summed E-state index contributed by atoms with van der Waals surface area (Å²) in [6, 6.07) is 1.57. The molecule has 0 saturated heterocycles. The van der Waals surface area contributed by atoms with Gasteiger partial charge in [-0.05, 0) is 76.2 Å². The van der Waals surface area contributed by atoms with E-state index in [9.17, 15) is 9.59 Å². The molecule has 4 saturated carbocycles. The van der Waals surface area contributed by atoms with Gasteiger partial charge >= 0.3 is 5.97 Å². The fraction of sp³-hybridized carbons (Fsp3) is 0.684. The van der Waals surface area contributed by atoms with Gasteiger partial charge in [0.25, 0.3) is 5.91 Å². The molecule has 0 spiro atoms. The Balaban J connectivity index is 1.39. The summed E-state index contributed by atoms with van der Waals surface area (Å²) in [7, 11) is 0. The number of esters is 1. The van der Waals surface area contributed by atoms with Gasteiger partial charge < -0.3 is 14.5 Å². The Labute approximate surface area is 142 Å². The first-order valence-corrected chi connectivity index (χ1v) is 9.01. The number of carbonyl (C=O) groups is 2. The monoisotopic (exact) mass is 331 g/mol.